The van der Waals surface area contributed by atoms with Gasteiger partial charge in [-0.1, -0.05) is 12.1 Å². The van der Waals surface area contributed by atoms with Gasteiger partial charge >= 0.3 is 0 Å². The van der Waals surface area contributed by atoms with Gasteiger partial charge < -0.3 is 5.32 Å². The van der Waals surface area contributed by atoms with E-state index in [1.165, 1.54) is 6.20 Å². The van der Waals surface area contributed by atoms with Gasteiger partial charge in [0.25, 0.3) is 5.91 Å². The topological polar surface area (TPSA) is 89.0 Å². The molecule has 1 atom stereocenters. The molecule has 7 heteroatoms. The van der Waals surface area contributed by atoms with Crippen molar-refractivity contribution in [3.05, 3.63) is 36.2 Å². The van der Waals surface area contributed by atoms with Crippen LogP contribution in [0.15, 0.2) is 30.5 Å². The largest absolute Gasteiger partial charge is 0.350 e. The van der Waals surface area contributed by atoms with Gasteiger partial charge in [-0.2, -0.15) is 0 Å². The normalized spacial score (nSPS) is 20.5. The Morgan fingerprint density at radius 2 is 2.05 bits per heavy atom. The molecule has 1 aliphatic rings. The highest BCUT2D eigenvalue weighted by atomic mass is 32.2. The monoisotopic (exact) mass is 305 g/mol. The summed E-state index contributed by atoms with van der Waals surface area (Å²) in [4.78, 5) is 20.5. The van der Waals surface area contributed by atoms with E-state index in [-0.39, 0.29) is 29.0 Å². The minimum atomic E-state index is -2.92. The molecule has 0 spiro atoms. The van der Waals surface area contributed by atoms with Crippen molar-refractivity contribution >= 4 is 26.8 Å². The van der Waals surface area contributed by atoms with Crippen LogP contribution in [0.2, 0.25) is 0 Å². The zero-order valence-corrected chi connectivity index (χ0v) is 12.1. The Hall–Kier alpha value is -2.02. The van der Waals surface area contributed by atoms with Gasteiger partial charge in [-0.05, 0) is 24.5 Å². The Morgan fingerprint density at radius 1 is 1.29 bits per heavy atom. The Kier molecular flexibility index (Phi) is 3.59. The molecule has 1 aromatic carbocycles. The third kappa shape index (κ3) is 3.18. The van der Waals surface area contributed by atoms with E-state index in [0.717, 1.165) is 5.52 Å². The predicted octanol–water partition coefficient (Wildman–Crippen LogP) is 0.794. The molecule has 2 aromatic rings. The Balaban J connectivity index is 1.67. The van der Waals surface area contributed by atoms with Crippen molar-refractivity contribution in [2.45, 2.75) is 6.42 Å². The molecule has 6 nitrogen and oxygen atoms in total. The molecule has 2 heterocycles. The molecule has 1 amide bonds. The molecule has 1 saturated heterocycles. The number of aromatic nitrogens is 2. The van der Waals surface area contributed by atoms with Crippen LogP contribution >= 0.6 is 0 Å². The van der Waals surface area contributed by atoms with Crippen LogP contribution in [0.3, 0.4) is 0 Å². The Bertz CT molecular complexity index is 789. The molecule has 1 unspecified atom stereocenters. The van der Waals surface area contributed by atoms with Crippen LogP contribution in [-0.4, -0.2) is 42.3 Å². The van der Waals surface area contributed by atoms with E-state index in [4.69, 9.17) is 0 Å². The van der Waals surface area contributed by atoms with Crippen molar-refractivity contribution in [3.63, 3.8) is 0 Å². The fourth-order valence-electron chi connectivity index (χ4n) is 2.43. The molecule has 1 aromatic heterocycles. The van der Waals surface area contributed by atoms with E-state index < -0.39 is 9.84 Å². The average molecular weight is 305 g/mol. The summed E-state index contributed by atoms with van der Waals surface area (Å²) in [5.74, 6) is 0.0323. The van der Waals surface area contributed by atoms with Crippen molar-refractivity contribution in [2.24, 2.45) is 5.92 Å². The third-order valence-corrected chi connectivity index (χ3v) is 5.40. The van der Waals surface area contributed by atoms with Crippen molar-refractivity contribution in [1.29, 1.82) is 0 Å². The summed E-state index contributed by atoms with van der Waals surface area (Å²) in [6.45, 7) is 0.354. The number of sulfone groups is 1. The summed E-state index contributed by atoms with van der Waals surface area (Å²) < 4.78 is 22.7. The highest BCUT2D eigenvalue weighted by molar-refractivity contribution is 7.91. The maximum absolute atomic E-state index is 12.0. The van der Waals surface area contributed by atoms with Gasteiger partial charge in [-0.25, -0.2) is 13.4 Å². The highest BCUT2D eigenvalue weighted by Gasteiger charge is 2.28. The van der Waals surface area contributed by atoms with Gasteiger partial charge in [0.2, 0.25) is 0 Å². The minimum Gasteiger partial charge on any atom is -0.350 e. The Morgan fingerprint density at radius 3 is 2.76 bits per heavy atom. The summed E-state index contributed by atoms with van der Waals surface area (Å²) in [6, 6.07) is 7.31. The summed E-state index contributed by atoms with van der Waals surface area (Å²) >= 11 is 0. The zero-order valence-electron chi connectivity index (χ0n) is 11.3. The second-order valence-electron chi connectivity index (χ2n) is 5.22. The van der Waals surface area contributed by atoms with Crippen molar-refractivity contribution in [1.82, 2.24) is 15.3 Å². The molecule has 110 valence electrons. The van der Waals surface area contributed by atoms with Gasteiger partial charge in [0.05, 0.1) is 28.7 Å². The third-order valence-electron chi connectivity index (χ3n) is 3.56. The van der Waals surface area contributed by atoms with Crippen LogP contribution in [0.5, 0.6) is 0 Å². The molecular formula is C14H15N3O3S. The number of nitrogens with zero attached hydrogens (tertiary/aromatic N) is 2. The lowest BCUT2D eigenvalue weighted by Crippen LogP contribution is -2.30. The van der Waals surface area contributed by atoms with E-state index in [1.54, 1.807) is 6.07 Å². The first-order chi connectivity index (χ1) is 10.0. The molecule has 0 bridgehead atoms. The van der Waals surface area contributed by atoms with E-state index in [9.17, 15) is 13.2 Å². The van der Waals surface area contributed by atoms with Gasteiger partial charge in [-0.15, -0.1) is 0 Å². The lowest BCUT2D eigenvalue weighted by molar-refractivity contribution is 0.0943. The lowest BCUT2D eigenvalue weighted by Gasteiger charge is -2.09. The van der Waals surface area contributed by atoms with Gasteiger partial charge in [0.1, 0.15) is 5.69 Å². The quantitative estimate of drug-likeness (QED) is 0.906. The first-order valence-electron chi connectivity index (χ1n) is 6.74. The maximum atomic E-state index is 12.0. The first-order valence-corrected chi connectivity index (χ1v) is 8.56. The van der Waals surface area contributed by atoms with Crippen LogP contribution in [-0.2, 0) is 9.84 Å². The van der Waals surface area contributed by atoms with Crippen LogP contribution in [0.4, 0.5) is 0 Å². The zero-order chi connectivity index (χ0) is 14.9. The molecule has 1 fully saturated rings. The van der Waals surface area contributed by atoms with Gasteiger partial charge in [-0.3, -0.25) is 9.78 Å². The van der Waals surface area contributed by atoms with Crippen molar-refractivity contribution < 1.29 is 13.2 Å². The first kappa shape index (κ1) is 13.9. The van der Waals surface area contributed by atoms with Crippen molar-refractivity contribution in [3.8, 4) is 0 Å². The molecular weight excluding hydrogens is 290 g/mol. The van der Waals surface area contributed by atoms with Crippen LogP contribution in [0.25, 0.3) is 11.0 Å². The van der Waals surface area contributed by atoms with E-state index in [0.29, 0.717) is 18.5 Å². The molecule has 0 aliphatic carbocycles. The van der Waals surface area contributed by atoms with E-state index in [2.05, 4.69) is 15.3 Å². The SMILES string of the molecule is O=C(NCC1CCS(=O)(=O)C1)c1cnc2ccccc2n1. The number of nitrogens with one attached hydrogen (secondary N) is 1. The second-order valence-corrected chi connectivity index (χ2v) is 7.45. The van der Waals surface area contributed by atoms with Crippen LogP contribution < -0.4 is 5.32 Å². The summed E-state index contributed by atoms with van der Waals surface area (Å²) in [5.41, 5.74) is 1.64. The number of hydrogen-bond donors (Lipinski definition) is 1. The number of carbonyl (C=O) groups is 1. The fraction of sp³-hybridized carbons (Fsp3) is 0.357. The number of fused-ring (bicyclic) bond motifs is 1. The van der Waals surface area contributed by atoms with Crippen LogP contribution in [0, 0.1) is 5.92 Å². The maximum Gasteiger partial charge on any atom is 0.271 e. The number of hydrogen-bond acceptors (Lipinski definition) is 5. The van der Waals surface area contributed by atoms with E-state index >= 15 is 0 Å². The smallest absolute Gasteiger partial charge is 0.271 e. The molecule has 1 aliphatic heterocycles. The Labute approximate surface area is 122 Å². The molecule has 0 saturated carbocycles. The highest BCUT2D eigenvalue weighted by Crippen LogP contribution is 2.17. The summed E-state index contributed by atoms with van der Waals surface area (Å²) in [5, 5.41) is 2.74. The number of para-hydroxylation sites is 2. The summed E-state index contributed by atoms with van der Waals surface area (Å²) in [6.07, 6.45) is 2.04. The van der Waals surface area contributed by atoms with Crippen LogP contribution in [0.1, 0.15) is 16.9 Å². The number of benzene rings is 1. The predicted molar refractivity (Wildman–Crippen MR) is 78.6 cm³/mol. The summed E-state index contributed by atoms with van der Waals surface area (Å²) in [7, 11) is -2.92. The number of rotatable bonds is 3. The van der Waals surface area contributed by atoms with Crippen molar-refractivity contribution in [2.75, 3.05) is 18.1 Å². The number of amides is 1. The molecule has 21 heavy (non-hydrogen) atoms. The number of carbonyl (C=O) groups excluding carboxylic acids is 1. The van der Waals surface area contributed by atoms with E-state index in [1.807, 2.05) is 18.2 Å². The fourth-order valence-corrected chi connectivity index (χ4v) is 4.29. The average Bonchev–Trinajstić information content (AvgIpc) is 2.83. The molecule has 3 rings (SSSR count). The molecule has 1 N–H and O–H groups in total. The minimum absolute atomic E-state index is 0.00707. The molecule has 0 radical (unpaired) electrons. The standard InChI is InChI=1S/C14H15N3O3S/c18-14(16-7-10-5-6-21(19,20)9-10)13-8-15-11-3-1-2-4-12(11)17-13/h1-4,8,10H,5-7,9H2,(H,16,18). The lowest BCUT2D eigenvalue weighted by atomic mass is 10.1. The second kappa shape index (κ2) is 5.40. The van der Waals surface area contributed by atoms with Gasteiger partial charge in [0.15, 0.2) is 9.84 Å². The van der Waals surface area contributed by atoms with Gasteiger partial charge in [0, 0.05) is 6.54 Å².